The van der Waals surface area contributed by atoms with Crippen LogP contribution in [0.2, 0.25) is 0 Å². The molecule has 0 aromatic carbocycles. The number of nitrogens with one attached hydrogen (secondary N) is 1. The van der Waals surface area contributed by atoms with E-state index in [-0.39, 0.29) is 11.6 Å². The summed E-state index contributed by atoms with van der Waals surface area (Å²) >= 11 is 3.30. The number of hydrogen-bond donors (Lipinski definition) is 2. The minimum atomic E-state index is -4.67. The first-order valence-electron chi connectivity index (χ1n) is 5.39. The number of aryl methyl sites for hydroxylation is 1. The van der Waals surface area contributed by atoms with E-state index in [0.717, 1.165) is 0 Å². The van der Waals surface area contributed by atoms with Crippen LogP contribution in [0.3, 0.4) is 0 Å². The van der Waals surface area contributed by atoms with Crippen molar-refractivity contribution in [2.75, 3.05) is 5.43 Å². The van der Waals surface area contributed by atoms with Gasteiger partial charge in [-0.25, -0.2) is 20.5 Å². The average Bonchev–Trinajstić information content (AvgIpc) is 2.65. The highest BCUT2D eigenvalue weighted by molar-refractivity contribution is 9.10. The van der Waals surface area contributed by atoms with Crippen molar-refractivity contribution in [2.24, 2.45) is 5.84 Å². The molecule has 0 amide bonds. The minimum absolute atomic E-state index is 0.0217. The number of alkyl halides is 3. The van der Waals surface area contributed by atoms with Crippen LogP contribution in [0.15, 0.2) is 10.5 Å². The molecule has 0 bridgehead atoms. The molecule has 0 saturated carbocycles. The smallest absolute Gasteiger partial charge is 0.308 e. The van der Waals surface area contributed by atoms with E-state index in [4.69, 9.17) is 5.84 Å². The topological polar surface area (TPSA) is 81.7 Å². The Morgan fingerprint density at radius 2 is 1.95 bits per heavy atom. The fourth-order valence-corrected chi connectivity index (χ4v) is 1.84. The number of aromatic nitrogens is 4. The number of hydrazine groups is 1. The third kappa shape index (κ3) is 2.61. The second-order valence-electron chi connectivity index (χ2n) is 3.97. The van der Waals surface area contributed by atoms with Crippen molar-refractivity contribution in [2.45, 2.75) is 20.0 Å². The Balaban J connectivity index is 2.64. The van der Waals surface area contributed by atoms with Gasteiger partial charge < -0.3 is 5.43 Å². The van der Waals surface area contributed by atoms with E-state index in [1.807, 2.05) is 0 Å². The van der Waals surface area contributed by atoms with E-state index in [1.165, 1.54) is 10.7 Å². The van der Waals surface area contributed by atoms with Crippen molar-refractivity contribution < 1.29 is 13.2 Å². The molecule has 2 heterocycles. The highest BCUT2D eigenvalue weighted by Gasteiger charge is 2.35. The Morgan fingerprint density at radius 3 is 2.40 bits per heavy atom. The molecule has 2 aromatic heterocycles. The van der Waals surface area contributed by atoms with Crippen molar-refractivity contribution in [1.82, 2.24) is 19.7 Å². The molecule has 0 aliphatic carbocycles. The third-order valence-corrected chi connectivity index (χ3v) is 3.68. The van der Waals surface area contributed by atoms with Crippen LogP contribution in [0.4, 0.5) is 19.0 Å². The fourth-order valence-electron chi connectivity index (χ4n) is 1.59. The second kappa shape index (κ2) is 5.02. The molecule has 0 radical (unpaired) electrons. The maximum absolute atomic E-state index is 12.8. The van der Waals surface area contributed by atoms with Crippen LogP contribution >= 0.6 is 15.9 Å². The molecule has 3 N–H and O–H groups in total. The molecule has 0 aliphatic heterocycles. The predicted octanol–water partition coefficient (Wildman–Crippen LogP) is 2.35. The summed E-state index contributed by atoms with van der Waals surface area (Å²) in [5, 5.41) is 4.12. The van der Waals surface area contributed by atoms with Crippen molar-refractivity contribution in [3.63, 3.8) is 0 Å². The Hall–Kier alpha value is -1.68. The summed E-state index contributed by atoms with van der Waals surface area (Å²) < 4.78 is 40.2. The number of rotatable bonds is 2. The molecular weight excluding hydrogens is 341 g/mol. The third-order valence-electron chi connectivity index (χ3n) is 2.53. The zero-order chi connectivity index (χ0) is 15.1. The van der Waals surface area contributed by atoms with Gasteiger partial charge >= 0.3 is 6.18 Å². The van der Waals surface area contributed by atoms with Gasteiger partial charge in [0.15, 0.2) is 5.82 Å². The number of nitrogens with zero attached hydrogens (tertiary/aromatic N) is 4. The van der Waals surface area contributed by atoms with E-state index >= 15 is 0 Å². The predicted molar refractivity (Wildman–Crippen MR) is 69.1 cm³/mol. The van der Waals surface area contributed by atoms with E-state index in [0.29, 0.717) is 15.9 Å². The Morgan fingerprint density at radius 1 is 1.30 bits per heavy atom. The van der Waals surface area contributed by atoms with E-state index < -0.39 is 12.0 Å². The lowest BCUT2D eigenvalue weighted by Gasteiger charge is -2.10. The second-order valence-corrected chi connectivity index (χ2v) is 4.77. The highest BCUT2D eigenvalue weighted by atomic mass is 79.9. The first-order chi connectivity index (χ1) is 9.24. The van der Waals surface area contributed by atoms with Gasteiger partial charge in [-0.2, -0.15) is 18.3 Å². The molecule has 10 heteroatoms. The van der Waals surface area contributed by atoms with Gasteiger partial charge in [0.2, 0.25) is 5.82 Å². The lowest BCUT2D eigenvalue weighted by molar-refractivity contribution is -0.144. The highest BCUT2D eigenvalue weighted by Crippen LogP contribution is 2.29. The molecule has 2 rings (SSSR count). The van der Waals surface area contributed by atoms with E-state index in [1.54, 1.807) is 13.8 Å². The number of anilines is 1. The van der Waals surface area contributed by atoms with Gasteiger partial charge in [0.25, 0.3) is 0 Å². The Bertz CT molecular complexity index is 651. The largest absolute Gasteiger partial charge is 0.451 e. The fraction of sp³-hybridized carbons (Fsp3) is 0.300. The van der Waals surface area contributed by atoms with Crippen LogP contribution in [0.1, 0.15) is 17.2 Å². The number of nitrogen functional groups attached to an aromatic ring is 1. The number of hydrogen-bond acceptors (Lipinski definition) is 5. The summed E-state index contributed by atoms with van der Waals surface area (Å²) in [7, 11) is 0. The molecule has 108 valence electrons. The van der Waals surface area contributed by atoms with Crippen LogP contribution in [-0.2, 0) is 6.18 Å². The summed E-state index contributed by atoms with van der Waals surface area (Å²) in [5.41, 5.74) is 3.35. The average molecular weight is 351 g/mol. The Kier molecular flexibility index (Phi) is 3.69. The monoisotopic (exact) mass is 350 g/mol. The number of halogens is 4. The van der Waals surface area contributed by atoms with Gasteiger partial charge in [-0.05, 0) is 29.8 Å². The maximum atomic E-state index is 12.8. The van der Waals surface area contributed by atoms with Crippen LogP contribution in [0, 0.1) is 13.8 Å². The molecule has 0 atom stereocenters. The van der Waals surface area contributed by atoms with Gasteiger partial charge in [-0.15, -0.1) is 0 Å². The lowest BCUT2D eigenvalue weighted by atomic mass is 10.4. The molecule has 20 heavy (non-hydrogen) atoms. The van der Waals surface area contributed by atoms with Crippen molar-refractivity contribution in [1.29, 1.82) is 0 Å². The van der Waals surface area contributed by atoms with E-state index in [9.17, 15) is 13.2 Å². The molecule has 0 aliphatic rings. The Labute approximate surface area is 120 Å². The van der Waals surface area contributed by atoms with Gasteiger partial charge in [-0.1, -0.05) is 0 Å². The van der Waals surface area contributed by atoms with Gasteiger partial charge in [-0.3, -0.25) is 0 Å². The maximum Gasteiger partial charge on any atom is 0.451 e. The molecule has 0 spiro atoms. The summed E-state index contributed by atoms with van der Waals surface area (Å²) in [5.74, 6) is 3.68. The van der Waals surface area contributed by atoms with Gasteiger partial charge in [0, 0.05) is 6.07 Å². The zero-order valence-electron chi connectivity index (χ0n) is 10.5. The lowest BCUT2D eigenvalue weighted by Crippen LogP contribution is -2.18. The van der Waals surface area contributed by atoms with Crippen LogP contribution in [0.5, 0.6) is 0 Å². The molecular formula is C10H10BrF3N6. The van der Waals surface area contributed by atoms with Crippen LogP contribution < -0.4 is 11.3 Å². The van der Waals surface area contributed by atoms with Gasteiger partial charge in [0.1, 0.15) is 5.82 Å². The summed E-state index contributed by atoms with van der Waals surface area (Å²) in [6.07, 6.45) is -4.67. The van der Waals surface area contributed by atoms with Crippen molar-refractivity contribution in [3.05, 3.63) is 27.8 Å². The first-order valence-corrected chi connectivity index (χ1v) is 6.18. The summed E-state index contributed by atoms with van der Waals surface area (Å²) in [6.45, 7) is 3.43. The minimum Gasteiger partial charge on any atom is -0.308 e. The van der Waals surface area contributed by atoms with Crippen LogP contribution in [0.25, 0.3) is 5.82 Å². The normalized spacial score (nSPS) is 11.8. The van der Waals surface area contributed by atoms with Gasteiger partial charge in [0.05, 0.1) is 15.9 Å². The first kappa shape index (κ1) is 14.7. The molecule has 6 nitrogen and oxygen atoms in total. The van der Waals surface area contributed by atoms with E-state index in [2.05, 4.69) is 36.4 Å². The van der Waals surface area contributed by atoms with Crippen LogP contribution in [-0.4, -0.2) is 19.7 Å². The molecule has 0 fully saturated rings. The quantitative estimate of drug-likeness (QED) is 0.641. The summed E-state index contributed by atoms with van der Waals surface area (Å²) in [4.78, 5) is 6.77. The number of nitrogens with two attached hydrogens (primary N) is 1. The zero-order valence-corrected chi connectivity index (χ0v) is 12.0. The van der Waals surface area contributed by atoms with Crippen molar-refractivity contribution >= 4 is 21.7 Å². The molecule has 0 unspecified atom stereocenters. The SMILES string of the molecule is Cc1nn(-c2cc(NN)nc(C(F)(F)F)n2)c(C)c1Br. The molecule has 2 aromatic rings. The van der Waals surface area contributed by atoms with Crippen molar-refractivity contribution in [3.8, 4) is 5.82 Å². The molecule has 0 saturated heterocycles. The standard InChI is InChI=1S/C10H10BrF3N6/c1-4-8(11)5(2)20(19-4)7-3-6(18-15)16-9(17-7)10(12,13)14/h3H,15H2,1-2H3,(H,16,17,18). The summed E-state index contributed by atoms with van der Waals surface area (Å²) in [6, 6.07) is 1.28.